The number of rotatable bonds is 7. The molecule has 5 aromatic rings. The van der Waals surface area contributed by atoms with Gasteiger partial charge in [0.15, 0.2) is 0 Å². The number of anilines is 1. The third kappa shape index (κ3) is 4.48. The van der Waals surface area contributed by atoms with Crippen molar-refractivity contribution in [2.75, 3.05) is 20.0 Å². The topological polar surface area (TPSA) is 86.5 Å². The van der Waals surface area contributed by atoms with Gasteiger partial charge in [-0.25, -0.2) is 4.98 Å². The number of methoxy groups -OCH3 is 2. The van der Waals surface area contributed by atoms with E-state index in [4.69, 9.17) is 20.2 Å². The standard InChI is InChI=1S/C29H25N3O3S/c1-34-20-13-14-24(35-2)21(15-20)22-16-23(19-11-7-4-8-12-19)32-29-25(22)26(30)27(36-29)28(33)31-17-18-9-5-3-6-10-18/h3-16H,17,30H2,1-2H3,(H,31,33). The van der Waals surface area contributed by atoms with Gasteiger partial charge in [0.2, 0.25) is 0 Å². The third-order valence-electron chi connectivity index (χ3n) is 5.97. The molecule has 0 radical (unpaired) electrons. The fraction of sp³-hybridized carbons (Fsp3) is 0.103. The summed E-state index contributed by atoms with van der Waals surface area (Å²) in [5.74, 6) is 1.12. The summed E-state index contributed by atoms with van der Waals surface area (Å²) in [6.07, 6.45) is 0. The van der Waals surface area contributed by atoms with Crippen LogP contribution in [0.5, 0.6) is 11.5 Å². The highest BCUT2D eigenvalue weighted by Crippen LogP contribution is 2.44. The fourth-order valence-corrected chi connectivity index (χ4v) is 5.18. The molecule has 0 aliphatic heterocycles. The number of benzene rings is 3. The van der Waals surface area contributed by atoms with E-state index in [0.717, 1.165) is 33.3 Å². The number of hydrogen-bond donors (Lipinski definition) is 2. The highest BCUT2D eigenvalue weighted by molar-refractivity contribution is 7.21. The predicted octanol–water partition coefficient (Wildman–Crippen LogP) is 6.16. The number of aromatic nitrogens is 1. The Balaban J connectivity index is 1.67. The lowest BCUT2D eigenvalue weighted by Crippen LogP contribution is -2.22. The molecule has 5 rings (SSSR count). The summed E-state index contributed by atoms with van der Waals surface area (Å²) in [6.45, 7) is 0.409. The van der Waals surface area contributed by atoms with Crippen molar-refractivity contribution in [3.05, 3.63) is 95.4 Å². The van der Waals surface area contributed by atoms with Crippen LogP contribution < -0.4 is 20.5 Å². The van der Waals surface area contributed by atoms with E-state index in [1.54, 1.807) is 14.2 Å². The van der Waals surface area contributed by atoms with Gasteiger partial charge < -0.3 is 20.5 Å². The first-order chi connectivity index (χ1) is 17.6. The number of nitrogens with two attached hydrogens (primary N) is 1. The summed E-state index contributed by atoms with van der Waals surface area (Å²) in [6, 6.07) is 27.3. The van der Waals surface area contributed by atoms with Crippen molar-refractivity contribution in [2.45, 2.75) is 6.54 Å². The number of carbonyl (C=O) groups is 1. The van der Waals surface area contributed by atoms with E-state index in [0.29, 0.717) is 33.4 Å². The molecule has 180 valence electrons. The molecule has 0 saturated heterocycles. The van der Waals surface area contributed by atoms with Crippen LogP contribution in [0.4, 0.5) is 5.69 Å². The number of hydrogen-bond acceptors (Lipinski definition) is 6. The van der Waals surface area contributed by atoms with E-state index in [-0.39, 0.29) is 5.91 Å². The zero-order valence-electron chi connectivity index (χ0n) is 19.9. The fourth-order valence-electron chi connectivity index (χ4n) is 4.14. The Morgan fingerprint density at radius 2 is 1.64 bits per heavy atom. The number of carbonyl (C=O) groups excluding carboxylic acids is 1. The molecule has 0 aliphatic carbocycles. The van der Waals surface area contributed by atoms with Gasteiger partial charge in [-0.05, 0) is 29.8 Å². The summed E-state index contributed by atoms with van der Waals surface area (Å²) in [4.78, 5) is 19.2. The van der Waals surface area contributed by atoms with Crippen molar-refractivity contribution in [3.8, 4) is 33.9 Å². The van der Waals surface area contributed by atoms with Gasteiger partial charge in [-0.3, -0.25) is 4.79 Å². The molecule has 2 aromatic heterocycles. The number of thiophene rings is 1. The van der Waals surface area contributed by atoms with Crippen LogP contribution in [-0.4, -0.2) is 25.1 Å². The summed E-state index contributed by atoms with van der Waals surface area (Å²) < 4.78 is 11.2. The zero-order chi connectivity index (χ0) is 25.1. The summed E-state index contributed by atoms with van der Waals surface area (Å²) in [5, 5.41) is 3.70. The summed E-state index contributed by atoms with van der Waals surface area (Å²) >= 11 is 1.29. The van der Waals surface area contributed by atoms with Crippen LogP contribution >= 0.6 is 11.3 Å². The minimum Gasteiger partial charge on any atom is -0.497 e. The first-order valence-corrected chi connectivity index (χ1v) is 12.2. The minimum absolute atomic E-state index is 0.232. The molecule has 2 heterocycles. The average Bonchev–Trinajstić information content (AvgIpc) is 3.28. The van der Waals surface area contributed by atoms with Crippen molar-refractivity contribution >= 4 is 33.1 Å². The van der Waals surface area contributed by atoms with Crippen molar-refractivity contribution in [1.82, 2.24) is 10.3 Å². The first kappa shape index (κ1) is 23.4. The Bertz CT molecular complexity index is 1530. The molecule has 0 saturated carbocycles. The molecule has 3 aromatic carbocycles. The minimum atomic E-state index is -0.232. The van der Waals surface area contributed by atoms with Crippen molar-refractivity contribution in [3.63, 3.8) is 0 Å². The number of nitrogen functional groups attached to an aromatic ring is 1. The molecular formula is C29H25N3O3S. The largest absolute Gasteiger partial charge is 0.497 e. The predicted molar refractivity (Wildman–Crippen MR) is 146 cm³/mol. The lowest BCUT2D eigenvalue weighted by Gasteiger charge is -2.14. The monoisotopic (exact) mass is 495 g/mol. The highest BCUT2D eigenvalue weighted by Gasteiger charge is 2.23. The smallest absolute Gasteiger partial charge is 0.263 e. The van der Waals surface area contributed by atoms with Crippen LogP contribution in [0.2, 0.25) is 0 Å². The van der Waals surface area contributed by atoms with Crippen LogP contribution in [0.15, 0.2) is 84.9 Å². The average molecular weight is 496 g/mol. The van der Waals surface area contributed by atoms with E-state index in [1.807, 2.05) is 84.9 Å². The summed E-state index contributed by atoms with van der Waals surface area (Å²) in [5.41, 5.74) is 11.4. The Labute approximate surface area is 213 Å². The highest BCUT2D eigenvalue weighted by atomic mass is 32.1. The van der Waals surface area contributed by atoms with Crippen LogP contribution in [0.3, 0.4) is 0 Å². The first-order valence-electron chi connectivity index (χ1n) is 11.4. The Morgan fingerprint density at radius 1 is 0.917 bits per heavy atom. The molecule has 3 N–H and O–H groups in total. The molecule has 1 amide bonds. The molecule has 0 aliphatic rings. The lowest BCUT2D eigenvalue weighted by atomic mass is 9.98. The van der Waals surface area contributed by atoms with Gasteiger partial charge in [0, 0.05) is 28.6 Å². The van der Waals surface area contributed by atoms with E-state index in [1.165, 1.54) is 11.3 Å². The van der Waals surface area contributed by atoms with Gasteiger partial charge >= 0.3 is 0 Å². The maximum Gasteiger partial charge on any atom is 0.263 e. The normalized spacial score (nSPS) is 10.8. The Kier molecular flexibility index (Phi) is 6.56. The van der Waals surface area contributed by atoms with E-state index < -0.39 is 0 Å². The molecule has 0 spiro atoms. The Morgan fingerprint density at radius 3 is 2.33 bits per heavy atom. The zero-order valence-corrected chi connectivity index (χ0v) is 20.8. The SMILES string of the molecule is COc1ccc(OC)c(-c2cc(-c3ccccc3)nc3sc(C(=O)NCc4ccccc4)c(N)c23)c1. The van der Waals surface area contributed by atoms with Gasteiger partial charge in [0.25, 0.3) is 5.91 Å². The molecule has 0 bridgehead atoms. The van der Waals surface area contributed by atoms with Crippen LogP contribution in [-0.2, 0) is 6.54 Å². The molecule has 6 nitrogen and oxygen atoms in total. The second-order valence-electron chi connectivity index (χ2n) is 8.18. The lowest BCUT2D eigenvalue weighted by molar-refractivity contribution is 0.0956. The molecule has 7 heteroatoms. The maximum absolute atomic E-state index is 13.2. The second kappa shape index (κ2) is 10.1. The van der Waals surface area contributed by atoms with E-state index >= 15 is 0 Å². The van der Waals surface area contributed by atoms with Gasteiger partial charge in [0.05, 0.1) is 25.6 Å². The number of ether oxygens (including phenoxy) is 2. The summed E-state index contributed by atoms with van der Waals surface area (Å²) in [7, 11) is 3.25. The molecule has 0 fully saturated rings. The number of amides is 1. The second-order valence-corrected chi connectivity index (χ2v) is 9.18. The van der Waals surface area contributed by atoms with Gasteiger partial charge in [-0.2, -0.15) is 0 Å². The quantitative estimate of drug-likeness (QED) is 0.282. The molecule has 0 unspecified atom stereocenters. The van der Waals surface area contributed by atoms with Gasteiger partial charge in [-0.1, -0.05) is 60.7 Å². The molecular weight excluding hydrogens is 470 g/mol. The van der Waals surface area contributed by atoms with Gasteiger partial charge in [0.1, 0.15) is 21.2 Å². The molecule has 0 atom stereocenters. The third-order valence-corrected chi connectivity index (χ3v) is 7.07. The number of fused-ring (bicyclic) bond motifs is 1. The van der Waals surface area contributed by atoms with Crippen molar-refractivity contribution in [1.29, 1.82) is 0 Å². The van der Waals surface area contributed by atoms with Gasteiger partial charge in [-0.15, -0.1) is 11.3 Å². The van der Waals surface area contributed by atoms with Crippen LogP contribution in [0.1, 0.15) is 15.2 Å². The number of pyridine rings is 1. The van der Waals surface area contributed by atoms with Crippen molar-refractivity contribution in [2.24, 2.45) is 0 Å². The van der Waals surface area contributed by atoms with Crippen LogP contribution in [0, 0.1) is 0 Å². The van der Waals surface area contributed by atoms with Crippen LogP contribution in [0.25, 0.3) is 32.6 Å². The van der Waals surface area contributed by atoms with Crippen molar-refractivity contribution < 1.29 is 14.3 Å². The Hall–Kier alpha value is -4.36. The van der Waals surface area contributed by atoms with E-state index in [2.05, 4.69) is 5.32 Å². The maximum atomic E-state index is 13.2. The van der Waals surface area contributed by atoms with E-state index in [9.17, 15) is 4.79 Å². The number of nitrogens with one attached hydrogen (secondary N) is 1. The molecule has 36 heavy (non-hydrogen) atoms. The number of nitrogens with zero attached hydrogens (tertiary/aromatic N) is 1.